The maximum atomic E-state index is 13.2. The van der Waals surface area contributed by atoms with Crippen LogP contribution in [0.5, 0.6) is 5.75 Å². The van der Waals surface area contributed by atoms with Crippen LogP contribution in [0.2, 0.25) is 0 Å². The molecule has 31 heavy (non-hydrogen) atoms. The summed E-state index contributed by atoms with van der Waals surface area (Å²) < 4.78 is 12.9. The van der Waals surface area contributed by atoms with Crippen LogP contribution in [0.3, 0.4) is 0 Å². The Morgan fingerprint density at radius 3 is 2.87 bits per heavy atom. The van der Waals surface area contributed by atoms with E-state index in [0.29, 0.717) is 23.7 Å². The van der Waals surface area contributed by atoms with Crippen LogP contribution in [0, 0.1) is 0 Å². The Kier molecular flexibility index (Phi) is 5.69. The Morgan fingerprint density at radius 2 is 2.10 bits per heavy atom. The number of tetrazole rings is 1. The quantitative estimate of drug-likeness (QED) is 0.648. The van der Waals surface area contributed by atoms with Gasteiger partial charge in [-0.25, -0.2) is 4.68 Å². The number of hydrogen-bond acceptors (Lipinski definition) is 7. The summed E-state index contributed by atoms with van der Waals surface area (Å²) >= 11 is 0. The molecule has 2 saturated heterocycles. The molecule has 0 unspecified atom stereocenters. The van der Waals surface area contributed by atoms with Crippen molar-refractivity contribution < 1.29 is 9.47 Å². The normalized spacial score (nSPS) is 20.9. The topological polar surface area (TPSA) is 98.2 Å². The number of benzene rings is 1. The highest BCUT2D eigenvalue weighted by molar-refractivity contribution is 5.80. The summed E-state index contributed by atoms with van der Waals surface area (Å²) in [7, 11) is 1.62. The first-order valence-electron chi connectivity index (χ1n) is 11.1. The summed E-state index contributed by atoms with van der Waals surface area (Å²) in [5, 5.41) is 13.6. The SMILES string of the molecule is COc1ccc2cc([C@H](c3nnnn3C[C@H]3CCCO3)N3CCCCC3)c(=O)[nH]c2c1. The van der Waals surface area contributed by atoms with Crippen molar-refractivity contribution in [3.63, 3.8) is 0 Å². The maximum Gasteiger partial charge on any atom is 0.253 e. The van der Waals surface area contributed by atoms with Crippen LogP contribution in [0.1, 0.15) is 49.5 Å². The van der Waals surface area contributed by atoms with E-state index in [1.54, 1.807) is 7.11 Å². The molecule has 1 aromatic carbocycles. The van der Waals surface area contributed by atoms with E-state index in [4.69, 9.17) is 9.47 Å². The van der Waals surface area contributed by atoms with Crippen molar-refractivity contribution in [1.29, 1.82) is 0 Å². The molecule has 0 amide bonds. The molecule has 0 radical (unpaired) electrons. The van der Waals surface area contributed by atoms with Crippen LogP contribution >= 0.6 is 0 Å². The second-order valence-corrected chi connectivity index (χ2v) is 8.36. The van der Waals surface area contributed by atoms with Gasteiger partial charge in [0.15, 0.2) is 5.82 Å². The van der Waals surface area contributed by atoms with Gasteiger partial charge in [0.1, 0.15) is 11.8 Å². The molecule has 164 valence electrons. The fourth-order valence-electron chi connectivity index (χ4n) is 4.72. The Hall–Kier alpha value is -2.78. The summed E-state index contributed by atoms with van der Waals surface area (Å²) in [6.07, 6.45) is 5.60. The van der Waals surface area contributed by atoms with Gasteiger partial charge >= 0.3 is 0 Å². The Bertz CT molecular complexity index is 1100. The number of aromatic nitrogens is 5. The van der Waals surface area contributed by atoms with Gasteiger partial charge in [0.05, 0.1) is 25.3 Å². The highest BCUT2D eigenvalue weighted by Gasteiger charge is 2.32. The minimum absolute atomic E-state index is 0.117. The molecule has 2 aliphatic rings. The Labute approximate surface area is 180 Å². The predicted octanol–water partition coefficient (Wildman–Crippen LogP) is 2.28. The molecular weight excluding hydrogens is 396 g/mol. The number of pyridine rings is 1. The number of piperidine rings is 1. The van der Waals surface area contributed by atoms with Crippen LogP contribution < -0.4 is 10.3 Å². The number of hydrogen-bond donors (Lipinski definition) is 1. The average Bonchev–Trinajstić information content (AvgIpc) is 3.48. The van der Waals surface area contributed by atoms with E-state index < -0.39 is 0 Å². The zero-order chi connectivity index (χ0) is 21.2. The second kappa shape index (κ2) is 8.76. The third kappa shape index (κ3) is 4.07. The van der Waals surface area contributed by atoms with Crippen molar-refractivity contribution in [2.24, 2.45) is 0 Å². The van der Waals surface area contributed by atoms with Gasteiger partial charge in [0.25, 0.3) is 5.56 Å². The average molecular weight is 425 g/mol. The third-order valence-electron chi connectivity index (χ3n) is 6.34. The van der Waals surface area contributed by atoms with Gasteiger partial charge in [-0.1, -0.05) is 6.42 Å². The zero-order valence-corrected chi connectivity index (χ0v) is 17.8. The second-order valence-electron chi connectivity index (χ2n) is 8.36. The van der Waals surface area contributed by atoms with Crippen molar-refractivity contribution in [2.45, 2.75) is 50.8 Å². The molecule has 3 aromatic rings. The van der Waals surface area contributed by atoms with Crippen molar-refractivity contribution in [3.05, 3.63) is 46.0 Å². The fraction of sp³-hybridized carbons (Fsp3) is 0.545. The smallest absolute Gasteiger partial charge is 0.253 e. The van der Waals surface area contributed by atoms with Crippen molar-refractivity contribution in [3.8, 4) is 5.75 Å². The lowest BCUT2D eigenvalue weighted by Crippen LogP contribution is -2.39. The number of H-pyrrole nitrogens is 1. The van der Waals surface area contributed by atoms with Gasteiger partial charge in [-0.3, -0.25) is 9.69 Å². The zero-order valence-electron chi connectivity index (χ0n) is 17.8. The van der Waals surface area contributed by atoms with Gasteiger partial charge in [-0.15, -0.1) is 5.10 Å². The van der Waals surface area contributed by atoms with E-state index in [9.17, 15) is 4.79 Å². The molecule has 9 nitrogen and oxygen atoms in total. The minimum Gasteiger partial charge on any atom is -0.497 e. The standard InChI is InChI=1S/C22H28N6O3/c1-30-16-8-7-15-12-18(22(29)23-19(15)13-16)20(27-9-3-2-4-10-27)21-24-25-26-28(21)14-17-6-5-11-31-17/h7-8,12-13,17,20H,2-6,9-11,14H2,1H3,(H,23,29)/t17-,20-/m1/s1. The van der Waals surface area contributed by atoms with Crippen molar-refractivity contribution in [2.75, 3.05) is 26.8 Å². The predicted molar refractivity (Wildman–Crippen MR) is 115 cm³/mol. The van der Waals surface area contributed by atoms with E-state index in [2.05, 4.69) is 25.4 Å². The summed E-state index contributed by atoms with van der Waals surface area (Å²) in [5.41, 5.74) is 1.30. The number of likely N-dealkylation sites (tertiary alicyclic amines) is 1. The molecule has 0 bridgehead atoms. The lowest BCUT2D eigenvalue weighted by atomic mass is 10.0. The van der Waals surface area contributed by atoms with E-state index >= 15 is 0 Å². The van der Waals surface area contributed by atoms with Crippen LogP contribution in [0.25, 0.3) is 10.9 Å². The summed E-state index contributed by atoms with van der Waals surface area (Å²) in [6, 6.07) is 7.39. The van der Waals surface area contributed by atoms with E-state index in [-0.39, 0.29) is 17.7 Å². The van der Waals surface area contributed by atoms with E-state index in [0.717, 1.165) is 56.3 Å². The van der Waals surface area contributed by atoms with Gasteiger partial charge in [0, 0.05) is 18.2 Å². The summed E-state index contributed by atoms with van der Waals surface area (Å²) in [5.74, 6) is 1.42. The molecule has 2 fully saturated rings. The van der Waals surface area contributed by atoms with E-state index in [1.165, 1.54) is 6.42 Å². The first-order chi connectivity index (χ1) is 15.2. The molecule has 0 spiro atoms. The number of nitrogens with zero attached hydrogens (tertiary/aromatic N) is 5. The van der Waals surface area contributed by atoms with Gasteiger partial charge in [-0.05, 0) is 72.8 Å². The first-order valence-corrected chi connectivity index (χ1v) is 11.1. The summed E-state index contributed by atoms with van der Waals surface area (Å²) in [4.78, 5) is 18.6. The lowest BCUT2D eigenvalue weighted by molar-refractivity contribution is 0.0902. The largest absolute Gasteiger partial charge is 0.497 e. The highest BCUT2D eigenvalue weighted by atomic mass is 16.5. The summed E-state index contributed by atoms with van der Waals surface area (Å²) in [6.45, 7) is 3.22. The number of methoxy groups -OCH3 is 1. The maximum absolute atomic E-state index is 13.2. The van der Waals surface area contributed by atoms with Crippen molar-refractivity contribution >= 4 is 10.9 Å². The third-order valence-corrected chi connectivity index (χ3v) is 6.34. The fourth-order valence-corrected chi connectivity index (χ4v) is 4.72. The number of fused-ring (bicyclic) bond motifs is 1. The molecule has 1 N–H and O–H groups in total. The number of aromatic amines is 1. The highest BCUT2D eigenvalue weighted by Crippen LogP contribution is 2.30. The number of ether oxygens (including phenoxy) is 2. The van der Waals surface area contributed by atoms with Gasteiger partial charge < -0.3 is 14.5 Å². The molecule has 0 saturated carbocycles. The molecule has 5 rings (SSSR count). The molecule has 2 atom stereocenters. The molecule has 2 aliphatic heterocycles. The van der Waals surface area contributed by atoms with Gasteiger partial charge in [-0.2, -0.15) is 0 Å². The first kappa shape index (κ1) is 20.1. The van der Waals surface area contributed by atoms with E-state index in [1.807, 2.05) is 28.9 Å². The molecule has 2 aromatic heterocycles. The van der Waals surface area contributed by atoms with Crippen LogP contribution in [0.4, 0.5) is 0 Å². The Balaban J connectivity index is 1.58. The van der Waals surface area contributed by atoms with Crippen LogP contribution in [-0.4, -0.2) is 63.0 Å². The molecule has 4 heterocycles. The van der Waals surface area contributed by atoms with Crippen molar-refractivity contribution in [1.82, 2.24) is 30.1 Å². The monoisotopic (exact) mass is 424 g/mol. The number of rotatable bonds is 6. The van der Waals surface area contributed by atoms with Crippen LogP contribution in [-0.2, 0) is 11.3 Å². The Morgan fingerprint density at radius 1 is 1.23 bits per heavy atom. The molecular formula is C22H28N6O3. The number of nitrogens with one attached hydrogen (secondary N) is 1. The van der Waals surface area contributed by atoms with Crippen LogP contribution in [0.15, 0.2) is 29.1 Å². The van der Waals surface area contributed by atoms with Gasteiger partial charge in [0.2, 0.25) is 0 Å². The lowest BCUT2D eigenvalue weighted by Gasteiger charge is -2.33. The molecule has 0 aliphatic carbocycles. The molecule has 9 heteroatoms. The minimum atomic E-state index is -0.299.